The molecule has 0 aliphatic carbocycles. The van der Waals surface area contributed by atoms with Gasteiger partial charge in [-0.25, -0.2) is 4.79 Å². The Labute approximate surface area is 179 Å². The summed E-state index contributed by atoms with van der Waals surface area (Å²) in [6.45, 7) is 5.57. The molecular weight excluding hydrogens is 398 g/mol. The van der Waals surface area contributed by atoms with E-state index >= 15 is 0 Å². The second-order valence-corrected chi connectivity index (χ2v) is 7.20. The van der Waals surface area contributed by atoms with Gasteiger partial charge >= 0.3 is 5.97 Å². The van der Waals surface area contributed by atoms with Gasteiger partial charge in [0.05, 0.1) is 17.1 Å². The van der Waals surface area contributed by atoms with E-state index in [1.807, 2.05) is 30.3 Å². The zero-order chi connectivity index (χ0) is 22.5. The van der Waals surface area contributed by atoms with Gasteiger partial charge in [-0.05, 0) is 31.9 Å². The number of benzene rings is 2. The van der Waals surface area contributed by atoms with Crippen molar-refractivity contribution >= 4 is 17.4 Å². The van der Waals surface area contributed by atoms with Crippen molar-refractivity contribution < 1.29 is 19.7 Å². The second-order valence-electron chi connectivity index (χ2n) is 7.20. The van der Waals surface area contributed by atoms with E-state index in [1.165, 1.54) is 12.1 Å². The van der Waals surface area contributed by atoms with Crippen LogP contribution >= 0.6 is 0 Å². The van der Waals surface area contributed by atoms with E-state index in [0.717, 1.165) is 5.56 Å². The fourth-order valence-corrected chi connectivity index (χ4v) is 3.68. The van der Waals surface area contributed by atoms with E-state index < -0.39 is 16.8 Å². The van der Waals surface area contributed by atoms with Gasteiger partial charge in [-0.1, -0.05) is 42.5 Å². The van der Waals surface area contributed by atoms with Crippen molar-refractivity contribution in [2.24, 2.45) is 4.99 Å². The minimum absolute atomic E-state index is 0.0610. The number of aliphatic imine (C=N–C) groups is 1. The number of allylic oxidation sites excluding steroid dienone is 3. The van der Waals surface area contributed by atoms with E-state index in [2.05, 4.69) is 10.5 Å². The van der Waals surface area contributed by atoms with Crippen LogP contribution in [0.4, 0.5) is 5.69 Å². The number of hydrogen-bond donors (Lipinski definition) is 2. The minimum Gasteiger partial charge on any atom is -0.478 e. The molecule has 0 bridgehead atoms. The zero-order valence-corrected chi connectivity index (χ0v) is 17.5. The van der Waals surface area contributed by atoms with Crippen molar-refractivity contribution in [2.45, 2.75) is 33.3 Å². The third-order valence-corrected chi connectivity index (χ3v) is 5.07. The summed E-state index contributed by atoms with van der Waals surface area (Å²) in [6, 6.07) is 15.5. The Morgan fingerprint density at radius 1 is 1.16 bits per heavy atom. The maximum Gasteiger partial charge on any atom is 0.334 e. The zero-order valence-electron chi connectivity index (χ0n) is 17.5. The number of hydroxylamine groups is 1. The second kappa shape index (κ2) is 9.36. The highest BCUT2D eigenvalue weighted by Gasteiger charge is 2.34. The van der Waals surface area contributed by atoms with Gasteiger partial charge in [0.15, 0.2) is 0 Å². The molecule has 1 aliphatic rings. The standard InChI is InChI=1S/C23H23N3O5/c1-14-20(16(3)25-31-13-17-7-5-4-6-8-17)22(21(23(27)28)15(2)24-14)18-9-11-19(12-10-18)26(29)30/h4-12,22,25H,13H2,1-3H3,(H,27,28). The Bertz CT molecular complexity index is 1090. The molecule has 8 heteroatoms. The smallest absolute Gasteiger partial charge is 0.334 e. The molecular formula is C23H23N3O5. The lowest BCUT2D eigenvalue weighted by atomic mass is 9.79. The number of carboxylic acids is 1. The first-order valence-corrected chi connectivity index (χ1v) is 9.66. The maximum absolute atomic E-state index is 12.1. The highest BCUT2D eigenvalue weighted by Crippen LogP contribution is 2.40. The van der Waals surface area contributed by atoms with Gasteiger partial charge < -0.3 is 5.11 Å². The number of nitro groups is 1. The van der Waals surface area contributed by atoms with Crippen molar-refractivity contribution in [2.75, 3.05) is 0 Å². The van der Waals surface area contributed by atoms with Crippen LogP contribution in [-0.2, 0) is 16.2 Å². The van der Waals surface area contributed by atoms with Gasteiger partial charge in [-0.15, -0.1) is 0 Å². The number of rotatable bonds is 7. The molecule has 0 fully saturated rings. The molecule has 8 nitrogen and oxygen atoms in total. The molecule has 2 aromatic rings. The first kappa shape index (κ1) is 21.9. The topological polar surface area (TPSA) is 114 Å². The Balaban J connectivity index is 1.98. The molecule has 1 atom stereocenters. The molecule has 2 aromatic carbocycles. The number of nitro benzene ring substituents is 1. The summed E-state index contributed by atoms with van der Waals surface area (Å²) in [5.74, 6) is -1.74. The van der Waals surface area contributed by atoms with E-state index in [9.17, 15) is 20.0 Å². The molecule has 0 saturated heterocycles. The van der Waals surface area contributed by atoms with Crippen LogP contribution in [0.1, 0.15) is 37.8 Å². The van der Waals surface area contributed by atoms with Crippen LogP contribution in [0.5, 0.6) is 0 Å². The van der Waals surface area contributed by atoms with Crippen LogP contribution in [0, 0.1) is 10.1 Å². The summed E-state index contributed by atoms with van der Waals surface area (Å²) in [6.07, 6.45) is 0. The number of nitrogens with one attached hydrogen (secondary N) is 1. The molecule has 0 radical (unpaired) electrons. The van der Waals surface area contributed by atoms with E-state index in [-0.39, 0.29) is 11.3 Å². The lowest BCUT2D eigenvalue weighted by Gasteiger charge is -2.28. The van der Waals surface area contributed by atoms with Gasteiger partial charge in [0.2, 0.25) is 0 Å². The van der Waals surface area contributed by atoms with Crippen molar-refractivity contribution in [3.63, 3.8) is 0 Å². The van der Waals surface area contributed by atoms with Gasteiger partial charge in [-0.2, -0.15) is 0 Å². The van der Waals surface area contributed by atoms with Gasteiger partial charge in [-0.3, -0.25) is 25.4 Å². The maximum atomic E-state index is 12.1. The Kier molecular flexibility index (Phi) is 6.61. The third-order valence-electron chi connectivity index (χ3n) is 5.07. The van der Waals surface area contributed by atoms with E-state index in [4.69, 9.17) is 4.84 Å². The number of nitrogens with zero attached hydrogens (tertiary/aromatic N) is 2. The molecule has 3 rings (SSSR count). The summed E-state index contributed by atoms with van der Waals surface area (Å²) in [5, 5.41) is 20.9. The molecule has 160 valence electrons. The molecule has 2 N–H and O–H groups in total. The number of aliphatic carboxylic acids is 1. The lowest BCUT2D eigenvalue weighted by molar-refractivity contribution is -0.384. The van der Waals surface area contributed by atoms with Crippen molar-refractivity contribution in [1.29, 1.82) is 0 Å². The Morgan fingerprint density at radius 2 is 1.81 bits per heavy atom. The molecule has 0 aromatic heterocycles. The highest BCUT2D eigenvalue weighted by atomic mass is 16.6. The first-order valence-electron chi connectivity index (χ1n) is 9.66. The Hall–Kier alpha value is -3.78. The molecule has 1 aliphatic heterocycles. The molecule has 1 heterocycles. The predicted octanol–water partition coefficient (Wildman–Crippen LogP) is 4.51. The fraction of sp³-hybridized carbons (Fsp3) is 0.217. The third kappa shape index (κ3) is 4.87. The first-order chi connectivity index (χ1) is 14.8. The molecule has 0 saturated carbocycles. The fourth-order valence-electron chi connectivity index (χ4n) is 3.68. The SMILES string of the molecule is CC1=NC(C)=C(C(=O)O)C(c2ccc([N+](=O)[O-])cc2)C1=C(C)NOCc1ccccc1. The van der Waals surface area contributed by atoms with Crippen LogP contribution < -0.4 is 5.48 Å². The average molecular weight is 421 g/mol. The van der Waals surface area contributed by atoms with Crippen molar-refractivity contribution in [3.05, 3.63) is 98.4 Å². The normalized spacial score (nSPS) is 17.8. The largest absolute Gasteiger partial charge is 0.478 e. The summed E-state index contributed by atoms with van der Waals surface area (Å²) < 4.78 is 0. The van der Waals surface area contributed by atoms with Crippen LogP contribution in [0.25, 0.3) is 0 Å². The number of carboxylic acid groups (broad SMARTS) is 1. The highest BCUT2D eigenvalue weighted by molar-refractivity contribution is 6.06. The van der Waals surface area contributed by atoms with Crippen molar-refractivity contribution in [3.8, 4) is 0 Å². The van der Waals surface area contributed by atoms with Gasteiger partial charge in [0, 0.05) is 40.7 Å². The number of carbonyl (C=O) groups is 1. The molecule has 1 unspecified atom stereocenters. The van der Waals surface area contributed by atoms with Crippen LogP contribution in [0.3, 0.4) is 0 Å². The molecule has 0 amide bonds. The van der Waals surface area contributed by atoms with Gasteiger partial charge in [0.25, 0.3) is 5.69 Å². The summed E-state index contributed by atoms with van der Waals surface area (Å²) in [4.78, 5) is 32.7. The van der Waals surface area contributed by atoms with Crippen LogP contribution in [-0.4, -0.2) is 21.7 Å². The number of non-ortho nitro benzene ring substituents is 1. The van der Waals surface area contributed by atoms with E-state index in [1.54, 1.807) is 32.9 Å². The summed E-state index contributed by atoms with van der Waals surface area (Å²) in [5.41, 5.74) is 6.90. The van der Waals surface area contributed by atoms with E-state index in [0.29, 0.717) is 34.8 Å². The van der Waals surface area contributed by atoms with Gasteiger partial charge in [0.1, 0.15) is 0 Å². The molecule has 0 spiro atoms. The molecule has 31 heavy (non-hydrogen) atoms. The average Bonchev–Trinajstić information content (AvgIpc) is 2.73. The van der Waals surface area contributed by atoms with Crippen molar-refractivity contribution in [1.82, 2.24) is 5.48 Å². The quantitative estimate of drug-likeness (QED) is 0.502. The Morgan fingerprint density at radius 3 is 2.39 bits per heavy atom. The monoisotopic (exact) mass is 421 g/mol. The summed E-state index contributed by atoms with van der Waals surface area (Å²) >= 11 is 0. The predicted molar refractivity (Wildman–Crippen MR) is 116 cm³/mol. The lowest BCUT2D eigenvalue weighted by Crippen LogP contribution is -2.26. The van der Waals surface area contributed by atoms with Crippen LogP contribution in [0.2, 0.25) is 0 Å². The minimum atomic E-state index is -1.09. The number of hydrogen-bond acceptors (Lipinski definition) is 6. The summed E-state index contributed by atoms with van der Waals surface area (Å²) in [7, 11) is 0. The van der Waals surface area contributed by atoms with Crippen LogP contribution in [0.15, 0.2) is 82.1 Å².